The van der Waals surface area contributed by atoms with Crippen molar-refractivity contribution in [3.8, 4) is 0 Å². The van der Waals surface area contributed by atoms with Crippen LogP contribution in [0.25, 0.3) is 5.70 Å². The van der Waals surface area contributed by atoms with Crippen LogP contribution in [0.5, 0.6) is 0 Å². The second-order valence-electron chi connectivity index (χ2n) is 12.1. The zero-order valence-electron chi connectivity index (χ0n) is 25.4. The highest BCUT2D eigenvalue weighted by Gasteiger charge is 2.61. The van der Waals surface area contributed by atoms with Crippen LogP contribution >= 0.6 is 23.4 Å². The fourth-order valence-corrected chi connectivity index (χ4v) is 7.87. The van der Waals surface area contributed by atoms with Crippen LogP contribution in [0.4, 0.5) is 0 Å². The number of thioether (sulfide) groups is 1. The maximum absolute atomic E-state index is 14.0. The number of amides is 2. The van der Waals surface area contributed by atoms with Gasteiger partial charge in [-0.2, -0.15) is 0 Å². The fraction of sp³-hybridized carbons (Fsp3) is 0.667. The van der Waals surface area contributed by atoms with Gasteiger partial charge in [-0.1, -0.05) is 37.7 Å². The van der Waals surface area contributed by atoms with Crippen LogP contribution in [-0.4, -0.2) is 122 Å². The maximum atomic E-state index is 14.0. The average Bonchev–Trinajstić information content (AvgIpc) is 3.66. The Bertz CT molecular complexity index is 1170. The maximum Gasteiger partial charge on any atom is 0.251 e. The van der Waals surface area contributed by atoms with E-state index in [2.05, 4.69) is 34.4 Å². The molecule has 232 valence electrons. The number of methoxy groups -OCH3 is 2. The molecule has 5 atom stereocenters. The molecule has 1 unspecified atom stereocenters. The van der Waals surface area contributed by atoms with Gasteiger partial charge in [0.15, 0.2) is 0 Å². The number of ether oxygens (including phenoxy) is 3. The molecule has 0 aliphatic carbocycles. The van der Waals surface area contributed by atoms with Gasteiger partial charge in [0.2, 0.25) is 11.7 Å². The minimum absolute atomic E-state index is 0.176. The lowest BCUT2D eigenvalue weighted by molar-refractivity contribution is -0.227. The highest BCUT2D eigenvalue weighted by Crippen LogP contribution is 2.41. The van der Waals surface area contributed by atoms with Crippen LogP contribution in [0.15, 0.2) is 29.2 Å². The number of halogens is 1. The van der Waals surface area contributed by atoms with Crippen LogP contribution in [0.1, 0.15) is 43.1 Å². The van der Waals surface area contributed by atoms with E-state index in [0.29, 0.717) is 12.0 Å². The molecule has 3 saturated heterocycles. The minimum atomic E-state index is -1.10. The number of hydrogen-bond acceptors (Lipinski definition) is 9. The number of likely N-dealkylation sites (N-methyl/N-ethyl adjacent to an activating group) is 1. The summed E-state index contributed by atoms with van der Waals surface area (Å²) >= 11 is 8.45. The SMILES string of the molecule is COC1(OC)CO[C@@H]2[C@H](Cl)CN(C(=O)[C@H](CC(C)C)NC(=O)c3ccc(C4=C(C)SC(N5CCN(C)CC5)N4)cc3)[C@@H]21. The van der Waals surface area contributed by atoms with Crippen LogP contribution in [0, 0.1) is 5.92 Å². The number of piperazine rings is 1. The number of rotatable bonds is 9. The highest BCUT2D eigenvalue weighted by atomic mass is 35.5. The van der Waals surface area contributed by atoms with Crippen LogP contribution < -0.4 is 10.6 Å². The van der Waals surface area contributed by atoms with Gasteiger partial charge >= 0.3 is 0 Å². The first kappa shape index (κ1) is 31.6. The Kier molecular flexibility index (Phi) is 9.78. The summed E-state index contributed by atoms with van der Waals surface area (Å²) in [6.45, 7) is 10.9. The molecule has 10 nitrogen and oxygen atoms in total. The van der Waals surface area contributed by atoms with Crippen molar-refractivity contribution >= 4 is 40.9 Å². The Hall–Kier alpha value is -1.86. The second-order valence-corrected chi connectivity index (χ2v) is 13.9. The Morgan fingerprint density at radius 1 is 1.17 bits per heavy atom. The number of carbonyl (C=O) groups is 2. The average molecular weight is 622 g/mol. The number of hydrogen-bond donors (Lipinski definition) is 2. The van der Waals surface area contributed by atoms with E-state index in [0.717, 1.165) is 37.4 Å². The van der Waals surface area contributed by atoms with E-state index < -0.39 is 29.4 Å². The summed E-state index contributed by atoms with van der Waals surface area (Å²) in [6, 6.07) is 6.35. The zero-order valence-corrected chi connectivity index (χ0v) is 27.0. The predicted octanol–water partition coefficient (Wildman–Crippen LogP) is 2.59. The van der Waals surface area contributed by atoms with E-state index in [9.17, 15) is 9.59 Å². The fourth-order valence-electron chi connectivity index (χ4n) is 6.34. The van der Waals surface area contributed by atoms with Gasteiger partial charge in [0.25, 0.3) is 5.91 Å². The third kappa shape index (κ3) is 6.20. The number of likely N-dealkylation sites (tertiary alicyclic amines) is 1. The van der Waals surface area contributed by atoms with Gasteiger partial charge in [0, 0.05) is 57.4 Å². The molecule has 4 aliphatic heterocycles. The predicted molar refractivity (Wildman–Crippen MR) is 165 cm³/mol. The van der Waals surface area contributed by atoms with Gasteiger partial charge in [-0.15, -0.1) is 11.6 Å². The molecule has 0 bridgehead atoms. The smallest absolute Gasteiger partial charge is 0.251 e. The van der Waals surface area contributed by atoms with E-state index in [-0.39, 0.29) is 36.4 Å². The molecule has 4 heterocycles. The molecule has 0 spiro atoms. The normalized spacial score (nSPS) is 28.7. The molecule has 1 aromatic carbocycles. The number of fused-ring (bicyclic) bond motifs is 1. The van der Waals surface area contributed by atoms with Gasteiger partial charge in [-0.3, -0.25) is 14.5 Å². The summed E-state index contributed by atoms with van der Waals surface area (Å²) < 4.78 is 17.3. The number of alkyl halides is 1. The molecule has 3 fully saturated rings. The van der Waals surface area contributed by atoms with Crippen LogP contribution in [0.2, 0.25) is 0 Å². The van der Waals surface area contributed by atoms with Crippen LogP contribution in [0.3, 0.4) is 0 Å². The molecule has 0 saturated carbocycles. The van der Waals surface area contributed by atoms with Gasteiger partial charge < -0.3 is 34.6 Å². The quantitative estimate of drug-likeness (QED) is 0.319. The second kappa shape index (κ2) is 13.0. The summed E-state index contributed by atoms with van der Waals surface area (Å²) in [6.07, 6.45) is 0.0764. The summed E-state index contributed by atoms with van der Waals surface area (Å²) in [5.41, 5.74) is 2.86. The van der Waals surface area contributed by atoms with Crippen molar-refractivity contribution in [2.45, 2.75) is 62.0 Å². The van der Waals surface area contributed by atoms with Gasteiger partial charge in [0.05, 0.1) is 11.1 Å². The van der Waals surface area contributed by atoms with Crippen molar-refractivity contribution in [2.75, 3.05) is 60.6 Å². The van der Waals surface area contributed by atoms with Crippen molar-refractivity contribution < 1.29 is 23.8 Å². The third-order valence-corrected chi connectivity index (χ3v) is 10.4. The molecule has 0 aromatic heterocycles. The molecule has 4 aliphatic rings. The Labute approximate surface area is 258 Å². The third-order valence-electron chi connectivity index (χ3n) is 8.80. The Morgan fingerprint density at radius 2 is 1.83 bits per heavy atom. The first-order valence-electron chi connectivity index (χ1n) is 14.7. The Morgan fingerprint density at radius 3 is 2.45 bits per heavy atom. The molecule has 1 aromatic rings. The Balaban J connectivity index is 1.27. The van der Waals surface area contributed by atoms with E-state index in [1.165, 1.54) is 4.91 Å². The number of carbonyl (C=O) groups excluding carboxylic acids is 2. The van der Waals surface area contributed by atoms with Crippen LogP contribution in [-0.2, 0) is 19.0 Å². The minimum Gasteiger partial charge on any atom is -0.369 e. The largest absolute Gasteiger partial charge is 0.369 e. The zero-order chi connectivity index (χ0) is 30.2. The molecular formula is C30H44ClN5O5S. The molecular weight excluding hydrogens is 578 g/mol. The molecule has 42 heavy (non-hydrogen) atoms. The first-order valence-corrected chi connectivity index (χ1v) is 16.0. The van der Waals surface area contributed by atoms with E-state index in [1.807, 2.05) is 49.9 Å². The summed E-state index contributed by atoms with van der Waals surface area (Å²) in [5.74, 6) is -1.43. The topological polar surface area (TPSA) is 95.6 Å². The molecule has 12 heteroatoms. The van der Waals surface area contributed by atoms with Crippen molar-refractivity contribution in [3.63, 3.8) is 0 Å². The molecule has 2 amide bonds. The van der Waals surface area contributed by atoms with Crippen molar-refractivity contribution in [2.24, 2.45) is 5.92 Å². The molecule has 5 rings (SSSR count). The standard InChI is InChI=1S/C30H44ClN5O5S/c1-18(2)15-23(28(38)36-16-22(31)25-26(36)30(39-5,40-6)17-41-25)32-27(37)21-9-7-20(8-10-21)24-19(3)42-29(33-24)35-13-11-34(4)12-14-35/h7-10,18,22-23,25-26,29,33H,11-17H2,1-6H3,(H,32,37)/t22-,23+,25-,26+,29?/m1/s1. The lowest BCUT2D eigenvalue weighted by Gasteiger charge is -2.37. The van der Waals surface area contributed by atoms with Crippen molar-refractivity contribution in [3.05, 3.63) is 40.3 Å². The van der Waals surface area contributed by atoms with Gasteiger partial charge in [0.1, 0.15) is 30.3 Å². The number of nitrogens with zero attached hydrogens (tertiary/aromatic N) is 3. The monoisotopic (exact) mass is 621 g/mol. The van der Waals surface area contributed by atoms with Gasteiger partial charge in [-0.25, -0.2) is 0 Å². The first-order chi connectivity index (χ1) is 20.1. The number of allylic oxidation sites excluding steroid dienone is 1. The number of nitrogens with one attached hydrogen (secondary N) is 2. The molecule has 2 N–H and O–H groups in total. The highest BCUT2D eigenvalue weighted by molar-refractivity contribution is 8.04. The lowest BCUT2D eigenvalue weighted by Crippen LogP contribution is -2.58. The van der Waals surface area contributed by atoms with E-state index in [1.54, 1.807) is 19.1 Å². The lowest BCUT2D eigenvalue weighted by atomic mass is 10.00. The summed E-state index contributed by atoms with van der Waals surface area (Å²) in [5, 5.41) is 6.30. The van der Waals surface area contributed by atoms with Gasteiger partial charge in [-0.05, 0) is 44.0 Å². The van der Waals surface area contributed by atoms with E-state index in [4.69, 9.17) is 25.8 Å². The van der Waals surface area contributed by atoms with Crippen molar-refractivity contribution in [1.29, 1.82) is 0 Å². The van der Waals surface area contributed by atoms with E-state index >= 15 is 0 Å². The molecule has 0 radical (unpaired) electrons. The number of benzene rings is 1. The summed E-state index contributed by atoms with van der Waals surface area (Å²) in [7, 11) is 5.25. The summed E-state index contributed by atoms with van der Waals surface area (Å²) in [4.78, 5) is 35.1. The van der Waals surface area contributed by atoms with Crippen molar-refractivity contribution in [1.82, 2.24) is 25.3 Å².